The van der Waals surface area contributed by atoms with Crippen molar-refractivity contribution < 1.29 is 4.42 Å². The number of oxazole rings is 1. The predicted octanol–water partition coefficient (Wildman–Crippen LogP) is 4.30. The van der Waals surface area contributed by atoms with Gasteiger partial charge in [-0.2, -0.15) is 5.26 Å². The average molecular weight is 321 g/mol. The van der Waals surface area contributed by atoms with Crippen molar-refractivity contribution in [3.63, 3.8) is 0 Å². The number of hydrogen-bond acceptors (Lipinski definition) is 4. The molecule has 0 radical (unpaired) electrons. The molecule has 1 saturated carbocycles. The van der Waals surface area contributed by atoms with Gasteiger partial charge in [-0.05, 0) is 36.2 Å². The number of aromatic nitrogens is 1. The van der Waals surface area contributed by atoms with Crippen molar-refractivity contribution in [2.75, 3.05) is 18.0 Å². The highest BCUT2D eigenvalue weighted by Gasteiger charge is 2.44. The SMILES string of the molecule is C[C@@H]1C[C@H](C)CN(c2oc([C@@H]3C[C@@H]3c3ccccc3)nc2C#N)C1. The molecular weight excluding hydrogens is 298 g/mol. The molecule has 1 aliphatic carbocycles. The summed E-state index contributed by atoms with van der Waals surface area (Å²) >= 11 is 0. The highest BCUT2D eigenvalue weighted by atomic mass is 16.4. The second-order valence-electron chi connectivity index (χ2n) is 7.53. The first-order valence-corrected chi connectivity index (χ1v) is 8.86. The number of anilines is 1. The summed E-state index contributed by atoms with van der Waals surface area (Å²) in [6, 6.07) is 12.7. The Bertz CT molecular complexity index is 751. The van der Waals surface area contributed by atoms with Crippen molar-refractivity contribution in [1.29, 1.82) is 5.26 Å². The molecule has 2 fully saturated rings. The van der Waals surface area contributed by atoms with E-state index in [4.69, 9.17) is 4.42 Å². The van der Waals surface area contributed by atoms with E-state index in [1.807, 2.05) is 6.07 Å². The number of nitriles is 1. The molecule has 4 rings (SSSR count). The number of nitrogens with zero attached hydrogens (tertiary/aromatic N) is 3. The maximum Gasteiger partial charge on any atom is 0.234 e. The molecule has 2 aliphatic rings. The number of benzene rings is 1. The van der Waals surface area contributed by atoms with Crippen LogP contribution in [0.2, 0.25) is 0 Å². The summed E-state index contributed by atoms with van der Waals surface area (Å²) in [5, 5.41) is 9.48. The van der Waals surface area contributed by atoms with Crippen LogP contribution in [0.1, 0.15) is 55.7 Å². The van der Waals surface area contributed by atoms with Crippen LogP contribution in [0.3, 0.4) is 0 Å². The molecule has 0 amide bonds. The highest BCUT2D eigenvalue weighted by molar-refractivity contribution is 5.49. The van der Waals surface area contributed by atoms with E-state index >= 15 is 0 Å². The fraction of sp³-hybridized carbons (Fsp3) is 0.500. The van der Waals surface area contributed by atoms with Gasteiger partial charge in [0, 0.05) is 19.0 Å². The van der Waals surface area contributed by atoms with E-state index in [0.29, 0.717) is 35.2 Å². The van der Waals surface area contributed by atoms with E-state index in [1.165, 1.54) is 12.0 Å². The zero-order valence-electron chi connectivity index (χ0n) is 14.3. The minimum absolute atomic E-state index is 0.313. The molecule has 1 aromatic carbocycles. The second kappa shape index (κ2) is 5.98. The van der Waals surface area contributed by atoms with Gasteiger partial charge >= 0.3 is 0 Å². The van der Waals surface area contributed by atoms with Crippen LogP contribution in [0.15, 0.2) is 34.7 Å². The number of rotatable bonds is 3. The van der Waals surface area contributed by atoms with Gasteiger partial charge in [0.05, 0.1) is 0 Å². The fourth-order valence-corrected chi connectivity index (χ4v) is 4.14. The van der Waals surface area contributed by atoms with Crippen LogP contribution in [-0.2, 0) is 0 Å². The first kappa shape index (κ1) is 15.3. The Labute approximate surface area is 143 Å². The molecule has 1 aromatic heterocycles. The summed E-state index contributed by atoms with van der Waals surface area (Å²) < 4.78 is 6.11. The topological polar surface area (TPSA) is 53.1 Å². The van der Waals surface area contributed by atoms with Crippen LogP contribution >= 0.6 is 0 Å². The quantitative estimate of drug-likeness (QED) is 0.846. The normalized spacial score (nSPS) is 29.3. The summed E-state index contributed by atoms with van der Waals surface area (Å²) in [7, 11) is 0. The van der Waals surface area contributed by atoms with E-state index in [0.717, 1.165) is 25.4 Å². The van der Waals surface area contributed by atoms with Crippen molar-refractivity contribution in [2.24, 2.45) is 11.8 Å². The molecule has 0 spiro atoms. The third kappa shape index (κ3) is 2.80. The van der Waals surface area contributed by atoms with Crippen LogP contribution in [0.25, 0.3) is 0 Å². The largest absolute Gasteiger partial charge is 0.423 e. The summed E-state index contributed by atoms with van der Waals surface area (Å²) in [5.41, 5.74) is 1.78. The van der Waals surface area contributed by atoms with Gasteiger partial charge in [0.2, 0.25) is 17.5 Å². The molecule has 1 saturated heterocycles. The highest BCUT2D eigenvalue weighted by Crippen LogP contribution is 2.55. The lowest BCUT2D eigenvalue weighted by molar-refractivity contribution is 0.340. The van der Waals surface area contributed by atoms with Crippen LogP contribution in [0, 0.1) is 23.2 Å². The van der Waals surface area contributed by atoms with E-state index in [-0.39, 0.29) is 0 Å². The second-order valence-corrected chi connectivity index (χ2v) is 7.53. The monoisotopic (exact) mass is 321 g/mol. The lowest BCUT2D eigenvalue weighted by Gasteiger charge is -2.34. The van der Waals surface area contributed by atoms with Gasteiger partial charge in [0.25, 0.3) is 0 Å². The zero-order valence-corrected chi connectivity index (χ0v) is 14.3. The molecular formula is C20H23N3O. The summed E-state index contributed by atoms with van der Waals surface area (Å²) in [6.07, 6.45) is 2.29. The standard InChI is InChI=1S/C20H23N3O/c1-13-8-14(2)12-23(11-13)20-18(10-21)22-19(24-20)17-9-16(17)15-6-4-3-5-7-15/h3-7,13-14,16-17H,8-9,11-12H2,1-2H3/t13-,14+,16-,17-/m1/s1. The Morgan fingerprint density at radius 3 is 2.46 bits per heavy atom. The third-order valence-electron chi connectivity index (χ3n) is 5.22. The molecule has 124 valence electrons. The lowest BCUT2D eigenvalue weighted by Crippen LogP contribution is -2.38. The third-order valence-corrected chi connectivity index (χ3v) is 5.22. The van der Waals surface area contributed by atoms with Crippen LogP contribution in [-0.4, -0.2) is 18.1 Å². The van der Waals surface area contributed by atoms with Gasteiger partial charge in [-0.3, -0.25) is 0 Å². The molecule has 2 heterocycles. The number of hydrogen-bond donors (Lipinski definition) is 0. The van der Waals surface area contributed by atoms with Gasteiger partial charge in [-0.25, -0.2) is 4.98 Å². The van der Waals surface area contributed by atoms with Crippen molar-refractivity contribution in [3.8, 4) is 6.07 Å². The Morgan fingerprint density at radius 1 is 1.08 bits per heavy atom. The molecule has 0 unspecified atom stereocenters. The molecule has 24 heavy (non-hydrogen) atoms. The minimum atomic E-state index is 0.313. The smallest absolute Gasteiger partial charge is 0.234 e. The molecule has 1 aliphatic heterocycles. The molecule has 4 heteroatoms. The van der Waals surface area contributed by atoms with E-state index in [2.05, 4.69) is 54.1 Å². The van der Waals surface area contributed by atoms with Gasteiger partial charge in [-0.1, -0.05) is 44.2 Å². The van der Waals surface area contributed by atoms with Gasteiger partial charge in [0.1, 0.15) is 6.07 Å². The van der Waals surface area contributed by atoms with E-state index < -0.39 is 0 Å². The van der Waals surface area contributed by atoms with Crippen molar-refractivity contribution in [1.82, 2.24) is 4.98 Å². The summed E-state index contributed by atoms with van der Waals surface area (Å²) in [5.74, 6) is 3.45. The van der Waals surface area contributed by atoms with Gasteiger partial charge in [0.15, 0.2) is 0 Å². The first-order valence-electron chi connectivity index (χ1n) is 8.86. The Kier molecular flexibility index (Phi) is 3.80. The van der Waals surface area contributed by atoms with E-state index in [9.17, 15) is 5.26 Å². The maximum absolute atomic E-state index is 9.48. The molecule has 2 aromatic rings. The zero-order chi connectivity index (χ0) is 16.7. The van der Waals surface area contributed by atoms with E-state index in [1.54, 1.807) is 0 Å². The molecule has 0 N–H and O–H groups in total. The minimum Gasteiger partial charge on any atom is -0.423 e. The Hall–Kier alpha value is -2.28. The average Bonchev–Trinajstić information content (AvgIpc) is 3.26. The summed E-state index contributed by atoms with van der Waals surface area (Å²) in [4.78, 5) is 6.74. The Morgan fingerprint density at radius 2 is 1.79 bits per heavy atom. The van der Waals surface area contributed by atoms with Gasteiger partial charge < -0.3 is 9.32 Å². The fourth-order valence-electron chi connectivity index (χ4n) is 4.14. The molecule has 0 bridgehead atoms. The van der Waals surface area contributed by atoms with Crippen molar-refractivity contribution in [3.05, 3.63) is 47.5 Å². The van der Waals surface area contributed by atoms with Crippen LogP contribution in [0.5, 0.6) is 0 Å². The summed E-state index contributed by atoms with van der Waals surface area (Å²) in [6.45, 7) is 6.41. The number of piperidine rings is 1. The van der Waals surface area contributed by atoms with Crippen molar-refractivity contribution >= 4 is 5.88 Å². The Balaban J connectivity index is 1.57. The van der Waals surface area contributed by atoms with Crippen LogP contribution in [0.4, 0.5) is 5.88 Å². The molecule has 4 atom stereocenters. The first-order chi connectivity index (χ1) is 11.7. The van der Waals surface area contributed by atoms with Crippen LogP contribution < -0.4 is 4.90 Å². The predicted molar refractivity (Wildman–Crippen MR) is 92.9 cm³/mol. The maximum atomic E-state index is 9.48. The van der Waals surface area contributed by atoms with Gasteiger partial charge in [-0.15, -0.1) is 0 Å². The molecule has 4 nitrogen and oxygen atoms in total. The lowest BCUT2D eigenvalue weighted by atomic mass is 9.92. The van der Waals surface area contributed by atoms with Crippen molar-refractivity contribution in [2.45, 2.75) is 38.5 Å².